The van der Waals surface area contributed by atoms with E-state index in [1.54, 1.807) is 36.4 Å². The zero-order valence-corrected chi connectivity index (χ0v) is 19.5. The van der Waals surface area contributed by atoms with Gasteiger partial charge in [0.15, 0.2) is 0 Å². The van der Waals surface area contributed by atoms with Gasteiger partial charge >= 0.3 is 0 Å². The Kier molecular flexibility index (Phi) is 7.70. The normalized spacial score (nSPS) is 11.0. The van der Waals surface area contributed by atoms with Crippen molar-refractivity contribution in [3.8, 4) is 5.75 Å². The zero-order chi connectivity index (χ0) is 24.0. The van der Waals surface area contributed by atoms with Crippen LogP contribution in [0.1, 0.15) is 22.8 Å². The summed E-state index contributed by atoms with van der Waals surface area (Å²) in [6, 6.07) is 17.7. The van der Waals surface area contributed by atoms with E-state index in [1.165, 1.54) is 38.3 Å². The van der Waals surface area contributed by atoms with Crippen LogP contribution in [0, 0.1) is 0 Å². The molecule has 0 atom stereocenters. The topological polar surface area (TPSA) is 114 Å². The summed E-state index contributed by atoms with van der Waals surface area (Å²) in [5.41, 5.74) is 1.63. The fraction of sp³-hybridized carbons (Fsp3) is 0.130. The number of carbonyl (C=O) groups is 2. The van der Waals surface area contributed by atoms with Crippen molar-refractivity contribution < 1.29 is 22.7 Å². The molecule has 3 aromatic carbocycles. The van der Waals surface area contributed by atoms with Crippen molar-refractivity contribution in [3.63, 3.8) is 0 Å². The van der Waals surface area contributed by atoms with E-state index < -0.39 is 15.9 Å². The maximum absolute atomic E-state index is 12.8. The van der Waals surface area contributed by atoms with Crippen molar-refractivity contribution >= 4 is 44.8 Å². The lowest BCUT2D eigenvalue weighted by atomic mass is 10.2. The van der Waals surface area contributed by atoms with Gasteiger partial charge in [0.2, 0.25) is 15.9 Å². The molecule has 0 aliphatic heterocycles. The number of benzene rings is 3. The highest BCUT2D eigenvalue weighted by molar-refractivity contribution is 7.89. The van der Waals surface area contributed by atoms with Crippen LogP contribution in [-0.2, 0) is 21.4 Å². The van der Waals surface area contributed by atoms with Gasteiger partial charge in [0.25, 0.3) is 5.91 Å². The van der Waals surface area contributed by atoms with Crippen LogP contribution < -0.4 is 20.1 Å². The second-order valence-corrected chi connectivity index (χ2v) is 9.15. The number of hydrogen-bond acceptors (Lipinski definition) is 5. The van der Waals surface area contributed by atoms with Crippen molar-refractivity contribution in [1.29, 1.82) is 0 Å². The molecule has 0 saturated heterocycles. The summed E-state index contributed by atoms with van der Waals surface area (Å²) in [5.74, 6) is -0.426. The highest BCUT2D eigenvalue weighted by Crippen LogP contribution is 2.29. The second kappa shape index (κ2) is 10.5. The molecule has 0 aromatic heterocycles. The van der Waals surface area contributed by atoms with Crippen LogP contribution in [0.25, 0.3) is 0 Å². The molecule has 0 fully saturated rings. The molecule has 0 bridgehead atoms. The van der Waals surface area contributed by atoms with Gasteiger partial charge in [-0.05, 0) is 42.0 Å². The highest BCUT2D eigenvalue weighted by Gasteiger charge is 2.20. The minimum absolute atomic E-state index is 0.00972. The average Bonchev–Trinajstić information content (AvgIpc) is 2.78. The fourth-order valence-electron chi connectivity index (χ4n) is 2.98. The summed E-state index contributed by atoms with van der Waals surface area (Å²) in [6.45, 7) is 1.43. The van der Waals surface area contributed by atoms with Crippen LogP contribution in [0.2, 0.25) is 5.02 Å². The molecule has 0 aliphatic carbocycles. The largest absolute Gasteiger partial charge is 0.495 e. The third-order valence-corrected chi connectivity index (χ3v) is 6.44. The Hall–Kier alpha value is -3.40. The number of rotatable bonds is 8. The molecule has 10 heteroatoms. The summed E-state index contributed by atoms with van der Waals surface area (Å²) in [6.07, 6.45) is 0. The number of nitrogens with one attached hydrogen (secondary N) is 3. The lowest BCUT2D eigenvalue weighted by molar-refractivity contribution is -0.114. The third-order valence-electron chi connectivity index (χ3n) is 4.56. The molecular weight excluding hydrogens is 466 g/mol. The van der Waals surface area contributed by atoms with E-state index in [0.29, 0.717) is 17.1 Å². The van der Waals surface area contributed by atoms with Crippen LogP contribution in [0.5, 0.6) is 5.75 Å². The number of anilines is 2. The molecular formula is C23H22ClN3O5S. The highest BCUT2D eigenvalue weighted by atomic mass is 35.5. The number of ether oxygens (including phenoxy) is 1. The van der Waals surface area contributed by atoms with Crippen molar-refractivity contribution in [2.75, 3.05) is 17.7 Å². The number of hydrogen-bond donors (Lipinski definition) is 3. The van der Waals surface area contributed by atoms with Gasteiger partial charge in [-0.25, -0.2) is 13.1 Å². The fourth-order valence-corrected chi connectivity index (χ4v) is 4.52. The number of methoxy groups -OCH3 is 1. The van der Waals surface area contributed by atoms with Gasteiger partial charge in [0.05, 0.1) is 17.8 Å². The van der Waals surface area contributed by atoms with E-state index in [0.717, 1.165) is 5.56 Å². The molecule has 8 nitrogen and oxygen atoms in total. The molecule has 0 radical (unpaired) electrons. The summed E-state index contributed by atoms with van der Waals surface area (Å²) < 4.78 is 33.3. The summed E-state index contributed by atoms with van der Waals surface area (Å²) >= 11 is 6.13. The maximum Gasteiger partial charge on any atom is 0.255 e. The number of halogens is 1. The Balaban J connectivity index is 1.81. The predicted octanol–water partition coefficient (Wildman–Crippen LogP) is 4.04. The van der Waals surface area contributed by atoms with Gasteiger partial charge in [-0.2, -0.15) is 0 Å². The van der Waals surface area contributed by atoms with Gasteiger partial charge in [0, 0.05) is 24.7 Å². The van der Waals surface area contributed by atoms with Crippen LogP contribution >= 0.6 is 11.6 Å². The van der Waals surface area contributed by atoms with Crippen molar-refractivity contribution in [1.82, 2.24) is 4.72 Å². The molecule has 172 valence electrons. The second-order valence-electron chi connectivity index (χ2n) is 7.01. The van der Waals surface area contributed by atoms with Crippen molar-refractivity contribution in [2.45, 2.75) is 18.4 Å². The molecule has 33 heavy (non-hydrogen) atoms. The first-order chi connectivity index (χ1) is 15.7. The Bertz CT molecular complexity index is 1280. The summed E-state index contributed by atoms with van der Waals surface area (Å²) in [4.78, 5) is 24.0. The van der Waals surface area contributed by atoms with E-state index in [9.17, 15) is 18.0 Å². The molecule has 0 aliphatic rings. The van der Waals surface area contributed by atoms with E-state index in [4.69, 9.17) is 16.3 Å². The minimum atomic E-state index is -3.97. The van der Waals surface area contributed by atoms with Gasteiger partial charge in [-0.1, -0.05) is 41.9 Å². The van der Waals surface area contributed by atoms with Crippen LogP contribution in [0.4, 0.5) is 11.4 Å². The first kappa shape index (κ1) is 24.2. The molecule has 0 heterocycles. The van der Waals surface area contributed by atoms with Crippen LogP contribution in [-0.4, -0.2) is 27.3 Å². The average molecular weight is 488 g/mol. The van der Waals surface area contributed by atoms with E-state index >= 15 is 0 Å². The smallest absolute Gasteiger partial charge is 0.255 e. The van der Waals surface area contributed by atoms with Gasteiger partial charge in [-0.15, -0.1) is 0 Å². The monoisotopic (exact) mass is 487 g/mol. The van der Waals surface area contributed by atoms with E-state index in [1.807, 2.05) is 6.07 Å². The SMILES string of the molecule is COc1ccc(NC(=O)c2ccc(Cl)c(S(=O)(=O)NCc3ccccc3)c2)cc1NC(C)=O. The summed E-state index contributed by atoms with van der Waals surface area (Å²) in [5, 5.41) is 5.29. The van der Waals surface area contributed by atoms with Gasteiger partial charge < -0.3 is 15.4 Å². The van der Waals surface area contributed by atoms with Crippen LogP contribution in [0.3, 0.4) is 0 Å². The molecule has 0 unspecified atom stereocenters. The molecule has 0 spiro atoms. The predicted molar refractivity (Wildman–Crippen MR) is 127 cm³/mol. The number of carbonyl (C=O) groups excluding carboxylic acids is 2. The summed E-state index contributed by atoms with van der Waals surface area (Å²) in [7, 11) is -2.51. The Morgan fingerprint density at radius 3 is 2.36 bits per heavy atom. The van der Waals surface area contributed by atoms with Gasteiger partial charge in [-0.3, -0.25) is 9.59 Å². The quantitative estimate of drug-likeness (QED) is 0.443. The zero-order valence-electron chi connectivity index (χ0n) is 17.9. The Morgan fingerprint density at radius 1 is 0.970 bits per heavy atom. The standard InChI is InChI=1S/C23H22ClN3O5S/c1-15(28)26-20-13-18(9-11-21(20)32-2)27-23(29)17-8-10-19(24)22(12-17)33(30,31)25-14-16-6-4-3-5-7-16/h3-13,25H,14H2,1-2H3,(H,26,28)(H,27,29). The number of amides is 2. The van der Waals surface area contributed by atoms with Crippen molar-refractivity contribution in [3.05, 3.63) is 82.9 Å². The Morgan fingerprint density at radius 2 is 1.70 bits per heavy atom. The van der Waals surface area contributed by atoms with E-state index in [2.05, 4.69) is 15.4 Å². The van der Waals surface area contributed by atoms with Crippen molar-refractivity contribution in [2.24, 2.45) is 0 Å². The number of sulfonamides is 1. The molecule has 3 aromatic rings. The molecule has 2 amide bonds. The lowest BCUT2D eigenvalue weighted by Gasteiger charge is -2.13. The first-order valence-electron chi connectivity index (χ1n) is 9.80. The lowest BCUT2D eigenvalue weighted by Crippen LogP contribution is -2.24. The third kappa shape index (κ3) is 6.32. The van der Waals surface area contributed by atoms with Gasteiger partial charge in [0.1, 0.15) is 10.6 Å². The molecule has 3 N–H and O–H groups in total. The maximum atomic E-state index is 12.8. The van der Waals surface area contributed by atoms with E-state index in [-0.39, 0.29) is 27.9 Å². The minimum Gasteiger partial charge on any atom is -0.495 e. The molecule has 3 rings (SSSR count). The first-order valence-corrected chi connectivity index (χ1v) is 11.7. The Labute approximate surface area is 197 Å². The molecule has 0 saturated carbocycles. The van der Waals surface area contributed by atoms with Crippen LogP contribution in [0.15, 0.2) is 71.6 Å².